The van der Waals surface area contributed by atoms with Gasteiger partial charge in [0, 0.05) is 24.6 Å². The van der Waals surface area contributed by atoms with E-state index in [9.17, 15) is 4.79 Å². The number of hydrogen-bond acceptors (Lipinski definition) is 4. The van der Waals surface area contributed by atoms with Crippen LogP contribution in [-0.4, -0.2) is 15.7 Å². The van der Waals surface area contributed by atoms with E-state index >= 15 is 0 Å². The summed E-state index contributed by atoms with van der Waals surface area (Å²) in [7, 11) is 1.85. The first-order chi connectivity index (χ1) is 8.56. The first-order valence-electron chi connectivity index (χ1n) is 5.48. The Hall–Kier alpha value is -2.50. The summed E-state index contributed by atoms with van der Waals surface area (Å²) in [5.74, 6) is -0.508. The van der Waals surface area contributed by atoms with E-state index in [0.29, 0.717) is 23.5 Å². The molecule has 0 aliphatic heterocycles. The molecule has 94 valence electrons. The molecule has 5 N–H and O–H groups in total. The number of aryl methyl sites for hydroxylation is 1. The van der Waals surface area contributed by atoms with E-state index in [1.165, 1.54) is 0 Å². The number of carbonyl (C=O) groups is 1. The number of amides is 1. The van der Waals surface area contributed by atoms with Crippen LogP contribution in [0.2, 0.25) is 0 Å². The molecule has 0 spiro atoms. The van der Waals surface area contributed by atoms with Gasteiger partial charge < -0.3 is 16.8 Å². The number of aromatic nitrogens is 2. The molecule has 0 aliphatic carbocycles. The van der Waals surface area contributed by atoms with E-state index in [1.807, 2.05) is 19.3 Å². The molecule has 0 aliphatic rings. The van der Waals surface area contributed by atoms with Crippen LogP contribution in [-0.2, 0) is 13.6 Å². The zero-order chi connectivity index (χ0) is 13.1. The Labute approximate surface area is 105 Å². The molecule has 6 nitrogen and oxygen atoms in total. The van der Waals surface area contributed by atoms with Gasteiger partial charge in [0.15, 0.2) is 0 Å². The number of hydrogen-bond donors (Lipinski definition) is 3. The molecule has 1 aromatic carbocycles. The second kappa shape index (κ2) is 4.79. The molecule has 1 heterocycles. The van der Waals surface area contributed by atoms with Crippen molar-refractivity contribution in [1.82, 2.24) is 9.78 Å². The Kier molecular flexibility index (Phi) is 3.18. The van der Waals surface area contributed by atoms with Gasteiger partial charge in [0.1, 0.15) is 0 Å². The van der Waals surface area contributed by atoms with Gasteiger partial charge in [-0.05, 0) is 24.3 Å². The molecule has 2 rings (SSSR count). The van der Waals surface area contributed by atoms with Crippen molar-refractivity contribution < 1.29 is 4.79 Å². The van der Waals surface area contributed by atoms with Crippen LogP contribution in [0.3, 0.4) is 0 Å². The van der Waals surface area contributed by atoms with Gasteiger partial charge in [-0.25, -0.2) is 0 Å². The number of nitrogens with one attached hydrogen (secondary N) is 1. The van der Waals surface area contributed by atoms with Gasteiger partial charge in [0.25, 0.3) is 5.91 Å². The van der Waals surface area contributed by atoms with Crippen molar-refractivity contribution in [2.75, 3.05) is 11.1 Å². The van der Waals surface area contributed by atoms with Gasteiger partial charge in [-0.1, -0.05) is 0 Å². The molecule has 0 saturated carbocycles. The minimum atomic E-state index is -0.508. The molecule has 18 heavy (non-hydrogen) atoms. The molecule has 0 bridgehead atoms. The van der Waals surface area contributed by atoms with Gasteiger partial charge >= 0.3 is 0 Å². The van der Waals surface area contributed by atoms with Crippen molar-refractivity contribution in [3.63, 3.8) is 0 Å². The molecular weight excluding hydrogens is 230 g/mol. The third-order valence-electron chi connectivity index (χ3n) is 2.54. The molecule has 1 aromatic heterocycles. The van der Waals surface area contributed by atoms with Crippen molar-refractivity contribution in [3.05, 3.63) is 41.7 Å². The first-order valence-corrected chi connectivity index (χ1v) is 5.48. The molecule has 6 heteroatoms. The lowest BCUT2D eigenvalue weighted by atomic mass is 10.1. The number of nitrogens with zero attached hydrogens (tertiary/aromatic N) is 2. The van der Waals surface area contributed by atoms with Crippen LogP contribution in [0, 0.1) is 0 Å². The largest absolute Gasteiger partial charge is 0.399 e. The molecule has 0 unspecified atom stereocenters. The number of primary amides is 1. The SMILES string of the molecule is Cn1ccc(CNc2ccc(N)cc2C(N)=O)n1. The Balaban J connectivity index is 2.16. The van der Waals surface area contributed by atoms with Gasteiger partial charge in [-0.2, -0.15) is 5.10 Å². The highest BCUT2D eigenvalue weighted by atomic mass is 16.1. The van der Waals surface area contributed by atoms with Crippen LogP contribution in [0.5, 0.6) is 0 Å². The number of nitrogens with two attached hydrogens (primary N) is 2. The number of rotatable bonds is 4. The van der Waals surface area contributed by atoms with Crippen LogP contribution in [0.1, 0.15) is 16.1 Å². The molecule has 0 atom stereocenters. The van der Waals surface area contributed by atoms with E-state index in [0.717, 1.165) is 5.69 Å². The van der Waals surface area contributed by atoms with Gasteiger partial charge in [-0.15, -0.1) is 0 Å². The summed E-state index contributed by atoms with van der Waals surface area (Å²) < 4.78 is 1.72. The average molecular weight is 245 g/mol. The summed E-state index contributed by atoms with van der Waals surface area (Å²) in [6.45, 7) is 0.519. The smallest absolute Gasteiger partial charge is 0.250 e. The number of anilines is 2. The third-order valence-corrected chi connectivity index (χ3v) is 2.54. The zero-order valence-corrected chi connectivity index (χ0v) is 10.1. The molecule has 1 amide bonds. The summed E-state index contributed by atoms with van der Waals surface area (Å²) in [5.41, 5.74) is 13.3. The van der Waals surface area contributed by atoms with E-state index < -0.39 is 5.91 Å². The van der Waals surface area contributed by atoms with Gasteiger partial charge in [0.05, 0.1) is 17.8 Å². The van der Waals surface area contributed by atoms with Gasteiger partial charge in [-0.3, -0.25) is 9.48 Å². The highest BCUT2D eigenvalue weighted by Crippen LogP contribution is 2.19. The lowest BCUT2D eigenvalue weighted by molar-refractivity contribution is 0.100. The summed E-state index contributed by atoms with van der Waals surface area (Å²) in [5, 5.41) is 7.35. The summed E-state index contributed by atoms with van der Waals surface area (Å²) in [4.78, 5) is 11.3. The highest BCUT2D eigenvalue weighted by Gasteiger charge is 2.08. The maximum atomic E-state index is 11.3. The zero-order valence-electron chi connectivity index (χ0n) is 10.1. The lowest BCUT2D eigenvalue weighted by Crippen LogP contribution is -2.15. The quantitative estimate of drug-likeness (QED) is 0.691. The van der Waals surface area contributed by atoms with Crippen LogP contribution in [0.25, 0.3) is 0 Å². The Morgan fingerprint density at radius 1 is 1.44 bits per heavy atom. The minimum absolute atomic E-state index is 0.380. The molecular formula is C12H15N5O. The van der Waals surface area contributed by atoms with Crippen LogP contribution < -0.4 is 16.8 Å². The van der Waals surface area contributed by atoms with Gasteiger partial charge in [0.2, 0.25) is 0 Å². The monoisotopic (exact) mass is 245 g/mol. The van der Waals surface area contributed by atoms with E-state index in [1.54, 1.807) is 22.9 Å². The summed E-state index contributed by atoms with van der Waals surface area (Å²) in [6, 6.07) is 6.91. The lowest BCUT2D eigenvalue weighted by Gasteiger charge is -2.09. The Morgan fingerprint density at radius 2 is 2.22 bits per heavy atom. The van der Waals surface area contributed by atoms with E-state index in [4.69, 9.17) is 11.5 Å². The topological polar surface area (TPSA) is 99.0 Å². The fourth-order valence-corrected chi connectivity index (χ4v) is 1.66. The van der Waals surface area contributed by atoms with Crippen molar-refractivity contribution in [2.24, 2.45) is 12.8 Å². The number of benzene rings is 1. The predicted octanol–water partition coefficient (Wildman–Crippen LogP) is 0.713. The Bertz CT molecular complexity index is 576. The fourth-order valence-electron chi connectivity index (χ4n) is 1.66. The van der Waals surface area contributed by atoms with Crippen molar-refractivity contribution in [3.8, 4) is 0 Å². The first kappa shape index (κ1) is 12.0. The second-order valence-corrected chi connectivity index (χ2v) is 4.00. The molecule has 0 fully saturated rings. The summed E-state index contributed by atoms with van der Waals surface area (Å²) >= 11 is 0. The predicted molar refractivity (Wildman–Crippen MR) is 69.9 cm³/mol. The maximum absolute atomic E-state index is 11.3. The van der Waals surface area contributed by atoms with Crippen molar-refractivity contribution in [2.45, 2.75) is 6.54 Å². The highest BCUT2D eigenvalue weighted by molar-refractivity contribution is 5.99. The van der Waals surface area contributed by atoms with Crippen LogP contribution in [0.15, 0.2) is 30.5 Å². The van der Waals surface area contributed by atoms with Crippen LogP contribution >= 0.6 is 0 Å². The van der Waals surface area contributed by atoms with E-state index in [2.05, 4.69) is 10.4 Å². The molecule has 0 radical (unpaired) electrons. The van der Waals surface area contributed by atoms with E-state index in [-0.39, 0.29) is 0 Å². The fraction of sp³-hybridized carbons (Fsp3) is 0.167. The third kappa shape index (κ3) is 2.60. The molecule has 0 saturated heterocycles. The number of nitrogen functional groups attached to an aromatic ring is 1. The van der Waals surface area contributed by atoms with Crippen LogP contribution in [0.4, 0.5) is 11.4 Å². The normalized spacial score (nSPS) is 10.3. The minimum Gasteiger partial charge on any atom is -0.399 e. The summed E-state index contributed by atoms with van der Waals surface area (Å²) in [6.07, 6.45) is 1.86. The van der Waals surface area contributed by atoms with Crippen molar-refractivity contribution in [1.29, 1.82) is 0 Å². The Morgan fingerprint density at radius 3 is 2.83 bits per heavy atom. The second-order valence-electron chi connectivity index (χ2n) is 4.00. The standard InChI is InChI=1S/C12H15N5O/c1-17-5-4-9(16-17)7-15-11-3-2-8(13)6-10(11)12(14)18/h2-6,15H,7,13H2,1H3,(H2,14,18). The number of carbonyl (C=O) groups excluding carboxylic acids is 1. The maximum Gasteiger partial charge on any atom is 0.250 e. The average Bonchev–Trinajstić information content (AvgIpc) is 2.73. The van der Waals surface area contributed by atoms with Crippen molar-refractivity contribution >= 4 is 17.3 Å². The molecule has 2 aromatic rings.